The van der Waals surface area contributed by atoms with Gasteiger partial charge in [-0.15, -0.1) is 11.6 Å². The third-order valence-corrected chi connectivity index (χ3v) is 3.93. The smallest absolute Gasteiger partial charge is 0.219 e. The van der Waals surface area contributed by atoms with Gasteiger partial charge in [-0.3, -0.25) is 9.69 Å². The van der Waals surface area contributed by atoms with Crippen LogP contribution in [0.5, 0.6) is 0 Å². The minimum Gasteiger partial charge on any atom is -0.340 e. The number of piperazine rings is 1. The molecule has 6 heteroatoms. The molecule has 1 aromatic rings. The normalized spacial score (nSPS) is 18.1. The summed E-state index contributed by atoms with van der Waals surface area (Å²) in [5.41, 5.74) is 0.569. The summed E-state index contributed by atoms with van der Waals surface area (Å²) in [6.45, 7) is 4.95. The van der Waals surface area contributed by atoms with Crippen molar-refractivity contribution in [3.63, 3.8) is 0 Å². The molecule has 1 aliphatic rings. The summed E-state index contributed by atoms with van der Waals surface area (Å²) >= 11 is 6.25. The number of rotatable bonds is 3. The number of nitrogens with zero attached hydrogens (tertiary/aromatic N) is 2. The molecular weight excluding hydrogens is 286 g/mol. The van der Waals surface area contributed by atoms with Crippen LogP contribution in [0.3, 0.4) is 0 Å². The predicted molar refractivity (Wildman–Crippen MR) is 73.6 cm³/mol. The van der Waals surface area contributed by atoms with Crippen LogP contribution < -0.4 is 0 Å². The summed E-state index contributed by atoms with van der Waals surface area (Å²) < 4.78 is 26.0. The molecule has 2 rings (SSSR count). The molecule has 0 aromatic heterocycles. The average molecular weight is 303 g/mol. The van der Waals surface area contributed by atoms with Crippen LogP contribution >= 0.6 is 11.6 Å². The second-order valence-electron chi connectivity index (χ2n) is 4.95. The van der Waals surface area contributed by atoms with Gasteiger partial charge in [0.1, 0.15) is 0 Å². The molecule has 0 radical (unpaired) electrons. The van der Waals surface area contributed by atoms with Crippen molar-refractivity contribution in [1.82, 2.24) is 9.80 Å². The molecule has 1 heterocycles. The second kappa shape index (κ2) is 6.50. The van der Waals surface area contributed by atoms with E-state index in [1.165, 1.54) is 6.07 Å². The van der Waals surface area contributed by atoms with E-state index in [0.29, 0.717) is 25.2 Å². The Morgan fingerprint density at radius 1 is 1.25 bits per heavy atom. The van der Waals surface area contributed by atoms with Crippen molar-refractivity contribution in [2.75, 3.05) is 32.7 Å². The number of halogens is 3. The molecule has 3 nitrogen and oxygen atoms in total. The first-order chi connectivity index (χ1) is 9.47. The zero-order valence-corrected chi connectivity index (χ0v) is 12.0. The van der Waals surface area contributed by atoms with Crippen LogP contribution in [0.1, 0.15) is 17.9 Å². The van der Waals surface area contributed by atoms with Crippen molar-refractivity contribution in [3.8, 4) is 0 Å². The summed E-state index contributed by atoms with van der Waals surface area (Å²) in [6.07, 6.45) is 0. The molecule has 1 atom stereocenters. The molecule has 1 aromatic carbocycles. The van der Waals surface area contributed by atoms with Gasteiger partial charge in [-0.05, 0) is 17.7 Å². The van der Waals surface area contributed by atoms with Gasteiger partial charge in [0.25, 0.3) is 0 Å². The Morgan fingerprint density at radius 3 is 2.45 bits per heavy atom. The standard InChI is InChI=1S/C14H17ClF2N2O/c1-10(20)19-6-4-18(5-7-19)9-12(15)11-2-3-13(16)14(17)8-11/h2-3,8,12H,4-7,9H2,1H3. The van der Waals surface area contributed by atoms with E-state index in [1.807, 2.05) is 0 Å². The maximum absolute atomic E-state index is 13.2. The van der Waals surface area contributed by atoms with Gasteiger partial charge in [0, 0.05) is 39.6 Å². The number of alkyl halides is 1. The Hall–Kier alpha value is -1.20. The van der Waals surface area contributed by atoms with Crippen molar-refractivity contribution in [3.05, 3.63) is 35.4 Å². The highest BCUT2D eigenvalue weighted by atomic mass is 35.5. The van der Waals surface area contributed by atoms with Crippen molar-refractivity contribution in [2.24, 2.45) is 0 Å². The maximum Gasteiger partial charge on any atom is 0.219 e. The third-order valence-electron chi connectivity index (χ3n) is 3.54. The molecule has 0 spiro atoms. The number of hydrogen-bond acceptors (Lipinski definition) is 2. The van der Waals surface area contributed by atoms with Crippen LogP contribution in [0, 0.1) is 11.6 Å². The fraction of sp³-hybridized carbons (Fsp3) is 0.500. The Morgan fingerprint density at radius 2 is 1.90 bits per heavy atom. The predicted octanol–water partition coefficient (Wildman–Crippen LogP) is 2.41. The second-order valence-corrected chi connectivity index (χ2v) is 5.47. The van der Waals surface area contributed by atoms with Gasteiger partial charge in [-0.1, -0.05) is 6.07 Å². The summed E-state index contributed by atoms with van der Waals surface area (Å²) in [5, 5.41) is -0.394. The number of carbonyl (C=O) groups is 1. The van der Waals surface area contributed by atoms with E-state index < -0.39 is 17.0 Å². The lowest BCUT2D eigenvalue weighted by molar-refractivity contribution is -0.130. The van der Waals surface area contributed by atoms with E-state index in [9.17, 15) is 13.6 Å². The van der Waals surface area contributed by atoms with Crippen LogP contribution in [-0.4, -0.2) is 48.4 Å². The van der Waals surface area contributed by atoms with Crippen molar-refractivity contribution in [2.45, 2.75) is 12.3 Å². The highest BCUT2D eigenvalue weighted by molar-refractivity contribution is 6.21. The number of hydrogen-bond donors (Lipinski definition) is 0. The summed E-state index contributed by atoms with van der Waals surface area (Å²) in [7, 11) is 0. The zero-order valence-electron chi connectivity index (χ0n) is 11.3. The largest absolute Gasteiger partial charge is 0.340 e. The van der Waals surface area contributed by atoms with Gasteiger partial charge < -0.3 is 4.90 Å². The summed E-state index contributed by atoms with van der Waals surface area (Å²) in [4.78, 5) is 15.1. The van der Waals surface area contributed by atoms with Gasteiger partial charge in [0.05, 0.1) is 5.38 Å². The Labute approximate surface area is 122 Å². The fourth-order valence-corrected chi connectivity index (χ4v) is 2.62. The summed E-state index contributed by atoms with van der Waals surface area (Å²) in [6, 6.07) is 3.73. The first kappa shape index (κ1) is 15.2. The van der Waals surface area contributed by atoms with Crippen LogP contribution in [0.25, 0.3) is 0 Å². The van der Waals surface area contributed by atoms with Crippen molar-refractivity contribution in [1.29, 1.82) is 0 Å². The lowest BCUT2D eigenvalue weighted by atomic mass is 10.1. The molecule has 1 aliphatic heterocycles. The number of carbonyl (C=O) groups excluding carboxylic acids is 1. The van der Waals surface area contributed by atoms with Crippen molar-refractivity contribution < 1.29 is 13.6 Å². The quantitative estimate of drug-likeness (QED) is 0.801. The van der Waals surface area contributed by atoms with Gasteiger partial charge in [0.15, 0.2) is 11.6 Å². The topological polar surface area (TPSA) is 23.6 Å². The van der Waals surface area contributed by atoms with Gasteiger partial charge in [-0.25, -0.2) is 8.78 Å². The number of amides is 1. The molecule has 110 valence electrons. The highest BCUT2D eigenvalue weighted by Crippen LogP contribution is 2.23. The zero-order chi connectivity index (χ0) is 14.7. The molecule has 1 saturated heterocycles. The molecule has 1 fully saturated rings. The molecule has 0 N–H and O–H groups in total. The van der Waals surface area contributed by atoms with E-state index in [2.05, 4.69) is 4.90 Å². The highest BCUT2D eigenvalue weighted by Gasteiger charge is 2.21. The minimum atomic E-state index is -0.880. The molecule has 0 aliphatic carbocycles. The van der Waals surface area contributed by atoms with E-state index in [0.717, 1.165) is 25.2 Å². The first-order valence-electron chi connectivity index (χ1n) is 6.54. The average Bonchev–Trinajstić information content (AvgIpc) is 2.42. The fourth-order valence-electron chi connectivity index (χ4n) is 2.28. The minimum absolute atomic E-state index is 0.0766. The summed E-state index contributed by atoms with van der Waals surface area (Å²) in [5.74, 6) is -1.67. The van der Waals surface area contributed by atoms with E-state index in [1.54, 1.807) is 11.8 Å². The van der Waals surface area contributed by atoms with E-state index >= 15 is 0 Å². The van der Waals surface area contributed by atoms with Crippen molar-refractivity contribution >= 4 is 17.5 Å². The Kier molecular flexibility index (Phi) is 4.94. The first-order valence-corrected chi connectivity index (χ1v) is 6.98. The molecule has 0 saturated carbocycles. The van der Waals surface area contributed by atoms with Crippen LogP contribution in [-0.2, 0) is 4.79 Å². The SMILES string of the molecule is CC(=O)N1CCN(CC(Cl)c2ccc(F)c(F)c2)CC1. The molecular formula is C14H17ClF2N2O. The van der Waals surface area contributed by atoms with Gasteiger partial charge in [0.2, 0.25) is 5.91 Å². The molecule has 1 amide bonds. The maximum atomic E-state index is 13.2. The van der Waals surface area contributed by atoms with Crippen LogP contribution in [0.2, 0.25) is 0 Å². The van der Waals surface area contributed by atoms with E-state index in [-0.39, 0.29) is 5.91 Å². The van der Waals surface area contributed by atoms with Crippen LogP contribution in [0.15, 0.2) is 18.2 Å². The molecule has 0 bridgehead atoms. The van der Waals surface area contributed by atoms with Gasteiger partial charge >= 0.3 is 0 Å². The van der Waals surface area contributed by atoms with E-state index in [4.69, 9.17) is 11.6 Å². The Bertz CT molecular complexity index is 490. The Balaban J connectivity index is 1.90. The molecule has 1 unspecified atom stereocenters. The monoisotopic (exact) mass is 302 g/mol. The number of benzene rings is 1. The van der Waals surface area contributed by atoms with Crippen LogP contribution in [0.4, 0.5) is 8.78 Å². The lowest BCUT2D eigenvalue weighted by Crippen LogP contribution is -2.48. The van der Waals surface area contributed by atoms with Gasteiger partial charge in [-0.2, -0.15) is 0 Å². The third kappa shape index (κ3) is 3.67. The lowest BCUT2D eigenvalue weighted by Gasteiger charge is -2.35. The molecule has 20 heavy (non-hydrogen) atoms.